The molecule has 1 aromatic carbocycles. The van der Waals surface area contributed by atoms with E-state index in [1.807, 2.05) is 7.05 Å². The Labute approximate surface area is 168 Å². The summed E-state index contributed by atoms with van der Waals surface area (Å²) in [7, 11) is -1.74. The molecule has 0 radical (unpaired) electrons. The van der Waals surface area contributed by atoms with Gasteiger partial charge in [0.1, 0.15) is 0 Å². The highest BCUT2D eigenvalue weighted by molar-refractivity contribution is 7.90. The van der Waals surface area contributed by atoms with E-state index in [2.05, 4.69) is 34.9 Å². The van der Waals surface area contributed by atoms with Gasteiger partial charge >= 0.3 is 6.03 Å². The zero-order chi connectivity index (χ0) is 20.1. The van der Waals surface area contributed by atoms with Crippen molar-refractivity contribution in [3.05, 3.63) is 28.3 Å². The van der Waals surface area contributed by atoms with Gasteiger partial charge in [0.2, 0.25) is 10.0 Å². The Bertz CT molecular complexity index is 872. The van der Waals surface area contributed by atoms with Crippen molar-refractivity contribution in [2.24, 2.45) is 0 Å². The van der Waals surface area contributed by atoms with Crippen molar-refractivity contribution in [3.63, 3.8) is 0 Å². The normalized spacial score (nSPS) is 19.6. The van der Waals surface area contributed by atoms with Crippen LogP contribution >= 0.6 is 0 Å². The minimum atomic E-state index is -3.71. The molecule has 6 nitrogen and oxygen atoms in total. The number of amides is 2. The number of carbonyl (C=O) groups is 1. The topological polar surface area (TPSA) is 78.5 Å². The number of anilines is 1. The van der Waals surface area contributed by atoms with Gasteiger partial charge in [0, 0.05) is 17.3 Å². The van der Waals surface area contributed by atoms with Crippen LogP contribution in [0.25, 0.3) is 0 Å². The number of rotatable bonds is 6. The largest absolute Gasteiger partial charge is 0.332 e. The van der Waals surface area contributed by atoms with E-state index in [1.54, 1.807) is 0 Å². The Kier molecular flexibility index (Phi) is 4.94. The number of sulfonamides is 1. The fraction of sp³-hybridized carbons (Fsp3) is 0.667. The lowest BCUT2D eigenvalue weighted by Gasteiger charge is -2.31. The summed E-state index contributed by atoms with van der Waals surface area (Å²) in [4.78, 5) is 14.7. The molecule has 4 rings (SSSR count). The molecule has 0 spiro atoms. The van der Waals surface area contributed by atoms with Crippen LogP contribution in [0.3, 0.4) is 0 Å². The Morgan fingerprint density at radius 2 is 1.68 bits per heavy atom. The summed E-state index contributed by atoms with van der Waals surface area (Å²) >= 11 is 0. The summed E-state index contributed by atoms with van der Waals surface area (Å²) < 4.78 is 27.6. The Hall–Kier alpha value is -1.60. The van der Waals surface area contributed by atoms with Crippen LogP contribution in [0, 0.1) is 0 Å². The van der Waals surface area contributed by atoms with Gasteiger partial charge < -0.3 is 5.32 Å². The lowest BCUT2D eigenvalue weighted by Crippen LogP contribution is -2.47. The fourth-order valence-electron chi connectivity index (χ4n) is 4.93. The second kappa shape index (κ2) is 7.02. The smallest absolute Gasteiger partial charge is 0.307 e. The molecule has 0 bridgehead atoms. The van der Waals surface area contributed by atoms with Crippen molar-refractivity contribution in [2.75, 3.05) is 18.1 Å². The molecule has 0 saturated heterocycles. The van der Waals surface area contributed by atoms with Crippen molar-refractivity contribution in [1.29, 1.82) is 0 Å². The molecule has 2 N–H and O–H groups in total. The van der Waals surface area contributed by atoms with Crippen molar-refractivity contribution >= 4 is 21.7 Å². The van der Waals surface area contributed by atoms with E-state index in [4.69, 9.17) is 0 Å². The highest BCUT2D eigenvalue weighted by Gasteiger charge is 2.50. The van der Waals surface area contributed by atoms with Crippen LogP contribution in [0.2, 0.25) is 0 Å². The molecule has 154 valence electrons. The molecular weight excluding hydrogens is 374 g/mol. The molecule has 0 unspecified atom stereocenters. The molecule has 0 aromatic heterocycles. The third kappa shape index (κ3) is 3.66. The Balaban J connectivity index is 1.48. The third-order valence-electron chi connectivity index (χ3n) is 6.77. The van der Waals surface area contributed by atoms with Gasteiger partial charge in [-0.1, -0.05) is 6.07 Å². The van der Waals surface area contributed by atoms with Crippen LogP contribution in [-0.2, 0) is 35.7 Å². The van der Waals surface area contributed by atoms with Crippen molar-refractivity contribution in [1.82, 2.24) is 9.62 Å². The summed E-state index contributed by atoms with van der Waals surface area (Å²) in [5.41, 5.74) is 5.56. The van der Waals surface area contributed by atoms with E-state index in [9.17, 15) is 13.2 Å². The molecule has 0 atom stereocenters. The van der Waals surface area contributed by atoms with Crippen LogP contribution in [0.1, 0.15) is 61.8 Å². The van der Waals surface area contributed by atoms with Gasteiger partial charge in [0.25, 0.3) is 0 Å². The van der Waals surface area contributed by atoms with Crippen molar-refractivity contribution in [2.45, 2.75) is 76.8 Å². The fourth-order valence-corrected chi connectivity index (χ4v) is 6.53. The number of aryl methyl sites for hydroxylation is 2. The molecule has 2 amide bonds. The Morgan fingerprint density at radius 1 is 1.11 bits per heavy atom. The van der Waals surface area contributed by atoms with Gasteiger partial charge in [-0.05, 0) is 94.5 Å². The summed E-state index contributed by atoms with van der Waals surface area (Å²) in [5.74, 6) is -0.0346. The summed E-state index contributed by atoms with van der Waals surface area (Å²) in [6.45, 7) is 4.12. The van der Waals surface area contributed by atoms with Crippen molar-refractivity contribution < 1.29 is 13.2 Å². The average Bonchev–Trinajstić information content (AvgIpc) is 3.03. The van der Waals surface area contributed by atoms with E-state index in [1.165, 1.54) is 22.3 Å². The average molecular weight is 406 g/mol. The molecule has 0 heterocycles. The molecule has 3 aliphatic rings. The van der Waals surface area contributed by atoms with E-state index in [0.29, 0.717) is 0 Å². The molecular formula is C21H31N3O3S. The number of nitrogens with zero attached hydrogens (tertiary/aromatic N) is 1. The van der Waals surface area contributed by atoms with E-state index >= 15 is 0 Å². The number of hydrogen-bond acceptors (Lipinski definition) is 4. The van der Waals surface area contributed by atoms with Crippen LogP contribution in [0.4, 0.5) is 10.5 Å². The minimum absolute atomic E-state index is 0.0346. The first-order valence-electron chi connectivity index (χ1n) is 10.4. The molecule has 3 aliphatic carbocycles. The standard InChI is InChI=1S/C21H31N3O3S/c1-14(2)24(3)21(10-11-21)13-28(26,27)23-20(25)22-19-17-8-4-6-15(17)12-16-7-5-9-18(16)19/h12,14H,4-11,13H2,1-3H3,(H2,22,23,25). The summed E-state index contributed by atoms with van der Waals surface area (Å²) in [5, 5.41) is 2.91. The maximum absolute atomic E-state index is 12.7. The lowest BCUT2D eigenvalue weighted by atomic mass is 9.99. The van der Waals surface area contributed by atoms with Gasteiger partial charge in [0.15, 0.2) is 0 Å². The number of benzene rings is 1. The van der Waals surface area contributed by atoms with Crippen LogP contribution in [0.5, 0.6) is 0 Å². The highest BCUT2D eigenvalue weighted by Crippen LogP contribution is 2.43. The van der Waals surface area contributed by atoms with Crippen LogP contribution < -0.4 is 10.0 Å². The predicted molar refractivity (Wildman–Crippen MR) is 111 cm³/mol. The first-order chi connectivity index (χ1) is 13.2. The van der Waals surface area contributed by atoms with Crippen LogP contribution in [0.15, 0.2) is 6.07 Å². The molecule has 1 saturated carbocycles. The minimum Gasteiger partial charge on any atom is -0.307 e. The van der Waals surface area contributed by atoms with E-state index < -0.39 is 16.1 Å². The van der Waals surface area contributed by atoms with Gasteiger partial charge in [-0.3, -0.25) is 4.90 Å². The monoisotopic (exact) mass is 405 g/mol. The second-order valence-electron chi connectivity index (χ2n) is 8.98. The highest BCUT2D eigenvalue weighted by atomic mass is 32.2. The number of carbonyl (C=O) groups excluding carboxylic acids is 1. The number of hydrogen-bond donors (Lipinski definition) is 2. The molecule has 1 aromatic rings. The number of nitrogens with one attached hydrogen (secondary N) is 2. The van der Waals surface area contributed by atoms with Gasteiger partial charge in [-0.2, -0.15) is 0 Å². The van der Waals surface area contributed by atoms with Crippen molar-refractivity contribution in [3.8, 4) is 0 Å². The Morgan fingerprint density at radius 3 is 2.18 bits per heavy atom. The summed E-state index contributed by atoms with van der Waals surface area (Å²) in [6.07, 6.45) is 7.88. The quantitative estimate of drug-likeness (QED) is 0.763. The number of urea groups is 1. The third-order valence-corrected chi connectivity index (χ3v) is 8.18. The summed E-state index contributed by atoms with van der Waals surface area (Å²) in [6, 6.07) is 1.93. The molecule has 1 fully saturated rings. The number of fused-ring (bicyclic) bond motifs is 2. The zero-order valence-corrected chi connectivity index (χ0v) is 17.9. The second-order valence-corrected chi connectivity index (χ2v) is 10.7. The van der Waals surface area contributed by atoms with E-state index in [0.717, 1.165) is 57.1 Å². The lowest BCUT2D eigenvalue weighted by molar-refractivity contribution is 0.192. The van der Waals surface area contributed by atoms with Gasteiger partial charge in [-0.15, -0.1) is 0 Å². The zero-order valence-electron chi connectivity index (χ0n) is 17.1. The molecule has 7 heteroatoms. The SMILES string of the molecule is CC(C)N(C)C1(CS(=O)(=O)NC(=O)Nc2c3c(cc4c2CCC4)CCC3)CC1. The van der Waals surface area contributed by atoms with Gasteiger partial charge in [-0.25, -0.2) is 17.9 Å². The maximum Gasteiger partial charge on any atom is 0.332 e. The van der Waals surface area contributed by atoms with Gasteiger partial charge in [0.05, 0.1) is 5.75 Å². The molecule has 28 heavy (non-hydrogen) atoms. The predicted octanol–water partition coefficient (Wildman–Crippen LogP) is 2.99. The first kappa shape index (κ1) is 19.7. The molecule has 0 aliphatic heterocycles. The van der Waals surface area contributed by atoms with Crippen LogP contribution in [-0.4, -0.2) is 43.7 Å². The van der Waals surface area contributed by atoms with E-state index in [-0.39, 0.29) is 17.3 Å². The first-order valence-corrected chi connectivity index (χ1v) is 12.1. The maximum atomic E-state index is 12.7.